The van der Waals surface area contributed by atoms with Crippen molar-refractivity contribution in [1.29, 1.82) is 0 Å². The third-order valence-electron chi connectivity index (χ3n) is 5.71. The molecule has 0 N–H and O–H groups in total. The van der Waals surface area contributed by atoms with E-state index in [2.05, 4.69) is 0 Å². The number of halogens is 7. The minimum absolute atomic E-state index is 0.110. The second-order valence-corrected chi connectivity index (χ2v) is 9.31. The molecule has 1 nitrogen and oxygen atoms in total. The van der Waals surface area contributed by atoms with Crippen LogP contribution in [-0.2, 0) is 17.1 Å². The number of alkyl halides is 6. The molecule has 0 aliphatic heterocycles. The lowest BCUT2D eigenvalue weighted by molar-refractivity contribution is -0.138. The Balaban J connectivity index is 2.22. The first-order valence-corrected chi connectivity index (χ1v) is 11.2. The van der Waals surface area contributed by atoms with Gasteiger partial charge in [0.25, 0.3) is 0 Å². The second kappa shape index (κ2) is 10.1. The Labute approximate surface area is 204 Å². The van der Waals surface area contributed by atoms with Gasteiger partial charge < -0.3 is 0 Å². The van der Waals surface area contributed by atoms with Gasteiger partial charge in [-0.15, -0.1) is 0 Å². The van der Waals surface area contributed by atoms with Crippen LogP contribution < -0.4 is 0 Å². The lowest BCUT2D eigenvalue weighted by Crippen LogP contribution is -2.12. The highest BCUT2D eigenvalue weighted by molar-refractivity contribution is 6.31. The van der Waals surface area contributed by atoms with E-state index in [9.17, 15) is 31.1 Å². The van der Waals surface area contributed by atoms with Gasteiger partial charge in [-0.3, -0.25) is 4.79 Å². The summed E-state index contributed by atoms with van der Waals surface area (Å²) in [4.78, 5) is 12.5. The van der Waals surface area contributed by atoms with Crippen molar-refractivity contribution >= 4 is 17.4 Å². The first-order chi connectivity index (χ1) is 16.2. The maximum absolute atomic E-state index is 13.5. The predicted octanol–water partition coefficient (Wildman–Crippen LogP) is 9.43. The van der Waals surface area contributed by atoms with Crippen LogP contribution in [-0.4, -0.2) is 5.78 Å². The van der Waals surface area contributed by atoms with Crippen LogP contribution in [0, 0.1) is 5.92 Å². The van der Waals surface area contributed by atoms with Crippen LogP contribution in [0.1, 0.15) is 49.8 Å². The number of ketones is 1. The van der Waals surface area contributed by atoms with Gasteiger partial charge in [0.2, 0.25) is 0 Å². The number of rotatable bonds is 6. The fourth-order valence-electron chi connectivity index (χ4n) is 3.97. The summed E-state index contributed by atoms with van der Waals surface area (Å²) >= 11 is 5.77. The highest BCUT2D eigenvalue weighted by atomic mass is 35.5. The molecule has 0 heterocycles. The van der Waals surface area contributed by atoms with Crippen molar-refractivity contribution in [2.75, 3.05) is 0 Å². The van der Waals surface area contributed by atoms with Crippen molar-refractivity contribution in [1.82, 2.24) is 0 Å². The minimum atomic E-state index is -4.67. The number of Topliss-reactive ketones (excluding diaryl/α,β-unsaturated/α-hetero) is 1. The summed E-state index contributed by atoms with van der Waals surface area (Å²) in [6, 6.07) is 13.0. The fourth-order valence-corrected chi connectivity index (χ4v) is 4.19. The monoisotopic (exact) mass is 512 g/mol. The largest absolute Gasteiger partial charge is 0.417 e. The molecule has 1 unspecified atom stereocenters. The molecule has 3 aromatic carbocycles. The molecular weight excluding hydrogens is 490 g/mol. The zero-order valence-electron chi connectivity index (χ0n) is 19.2. The topological polar surface area (TPSA) is 17.1 Å². The molecule has 1 atom stereocenters. The summed E-state index contributed by atoms with van der Waals surface area (Å²) < 4.78 is 79.4. The molecule has 0 aliphatic carbocycles. The maximum atomic E-state index is 13.5. The van der Waals surface area contributed by atoms with E-state index in [1.807, 2.05) is 13.8 Å². The van der Waals surface area contributed by atoms with E-state index in [-0.39, 0.29) is 17.3 Å². The van der Waals surface area contributed by atoms with Gasteiger partial charge in [-0.05, 0) is 77.4 Å². The third-order valence-corrected chi connectivity index (χ3v) is 6.04. The van der Waals surface area contributed by atoms with Gasteiger partial charge in [0.05, 0.1) is 16.1 Å². The molecule has 3 rings (SSSR count). The molecule has 0 fully saturated rings. The second-order valence-electron chi connectivity index (χ2n) is 8.90. The summed E-state index contributed by atoms with van der Waals surface area (Å²) in [6.07, 6.45) is -8.65. The van der Waals surface area contributed by atoms with Crippen molar-refractivity contribution in [2.24, 2.45) is 5.92 Å². The average Bonchev–Trinajstić information content (AvgIpc) is 2.76. The highest BCUT2D eigenvalue weighted by Gasteiger charge is 2.33. The maximum Gasteiger partial charge on any atom is 0.417 e. The van der Waals surface area contributed by atoms with Gasteiger partial charge in [0.1, 0.15) is 5.78 Å². The number of carbonyl (C=O) groups is 1. The van der Waals surface area contributed by atoms with Crippen LogP contribution >= 0.6 is 11.6 Å². The van der Waals surface area contributed by atoms with Crippen LogP contribution in [0.5, 0.6) is 0 Å². The standard InChI is InChI=1S/C27H23ClF6O/c1-15(2)10-23(16(3)35)21-12-19(17-4-7-22(8-5-17)26(29,30)31)11-20(13-21)18-6-9-25(28)24(14-18)27(32,33)34/h4-9,11-15,23H,10H2,1-3H3. The zero-order chi connectivity index (χ0) is 26.1. The first kappa shape index (κ1) is 26.8. The number of hydrogen-bond acceptors (Lipinski definition) is 1. The molecule has 0 aliphatic rings. The molecule has 0 saturated carbocycles. The van der Waals surface area contributed by atoms with E-state index < -0.39 is 34.4 Å². The number of hydrogen-bond donors (Lipinski definition) is 0. The quantitative estimate of drug-likeness (QED) is 0.301. The minimum Gasteiger partial charge on any atom is -0.299 e. The number of carbonyl (C=O) groups excluding carboxylic acids is 1. The lowest BCUT2D eigenvalue weighted by Gasteiger charge is -2.20. The van der Waals surface area contributed by atoms with E-state index >= 15 is 0 Å². The van der Waals surface area contributed by atoms with E-state index in [1.165, 1.54) is 25.1 Å². The van der Waals surface area contributed by atoms with Gasteiger partial charge in [0.15, 0.2) is 0 Å². The Kier molecular flexibility index (Phi) is 7.70. The average molecular weight is 513 g/mol. The first-order valence-electron chi connectivity index (χ1n) is 10.9. The summed E-state index contributed by atoms with van der Waals surface area (Å²) in [5, 5.41) is -0.443. The molecule has 3 aromatic rings. The lowest BCUT2D eigenvalue weighted by atomic mass is 9.84. The smallest absolute Gasteiger partial charge is 0.299 e. The van der Waals surface area contributed by atoms with Gasteiger partial charge in [0, 0.05) is 5.92 Å². The van der Waals surface area contributed by atoms with Crippen molar-refractivity contribution in [3.05, 3.63) is 82.4 Å². The predicted molar refractivity (Wildman–Crippen MR) is 125 cm³/mol. The molecule has 8 heteroatoms. The zero-order valence-corrected chi connectivity index (χ0v) is 19.9. The van der Waals surface area contributed by atoms with E-state index in [0.717, 1.165) is 24.3 Å². The molecular formula is C27H23ClF6O. The molecule has 0 radical (unpaired) electrons. The van der Waals surface area contributed by atoms with Crippen LogP contribution in [0.3, 0.4) is 0 Å². The molecule has 0 saturated heterocycles. The summed E-state index contributed by atoms with van der Waals surface area (Å²) in [7, 11) is 0. The number of benzene rings is 3. The van der Waals surface area contributed by atoms with Crippen molar-refractivity contribution < 1.29 is 31.1 Å². The Morgan fingerprint density at radius 2 is 1.31 bits per heavy atom. The molecule has 35 heavy (non-hydrogen) atoms. The van der Waals surface area contributed by atoms with Crippen LogP contribution in [0.25, 0.3) is 22.3 Å². The van der Waals surface area contributed by atoms with Gasteiger partial charge in [-0.1, -0.05) is 55.8 Å². The Hall–Kier alpha value is -2.80. The normalized spacial score (nSPS) is 13.2. The molecule has 0 spiro atoms. The van der Waals surface area contributed by atoms with Gasteiger partial charge in [-0.25, -0.2) is 0 Å². The van der Waals surface area contributed by atoms with Crippen LogP contribution in [0.4, 0.5) is 26.3 Å². The van der Waals surface area contributed by atoms with Crippen molar-refractivity contribution in [3.63, 3.8) is 0 Å². The Bertz CT molecular complexity index is 1210. The van der Waals surface area contributed by atoms with E-state index in [1.54, 1.807) is 18.2 Å². The van der Waals surface area contributed by atoms with Gasteiger partial charge >= 0.3 is 12.4 Å². The van der Waals surface area contributed by atoms with Crippen LogP contribution in [0.2, 0.25) is 5.02 Å². The van der Waals surface area contributed by atoms with Crippen molar-refractivity contribution in [2.45, 2.75) is 45.5 Å². The molecule has 0 aromatic heterocycles. The van der Waals surface area contributed by atoms with Crippen molar-refractivity contribution in [3.8, 4) is 22.3 Å². The SMILES string of the molecule is CC(=O)C(CC(C)C)c1cc(-c2ccc(C(F)(F)F)cc2)cc(-c2ccc(Cl)c(C(F)(F)F)c2)c1. The Morgan fingerprint density at radius 1 is 0.771 bits per heavy atom. The van der Waals surface area contributed by atoms with Gasteiger partial charge in [-0.2, -0.15) is 26.3 Å². The van der Waals surface area contributed by atoms with E-state index in [0.29, 0.717) is 28.7 Å². The third kappa shape index (κ3) is 6.45. The van der Waals surface area contributed by atoms with E-state index in [4.69, 9.17) is 11.6 Å². The molecule has 0 amide bonds. The fraction of sp³-hybridized carbons (Fsp3) is 0.296. The Morgan fingerprint density at radius 3 is 1.80 bits per heavy atom. The van der Waals surface area contributed by atoms with Crippen LogP contribution in [0.15, 0.2) is 60.7 Å². The summed E-state index contributed by atoms with van der Waals surface area (Å²) in [6.45, 7) is 5.35. The summed E-state index contributed by atoms with van der Waals surface area (Å²) in [5.41, 5.74) is 0.331. The summed E-state index contributed by atoms with van der Waals surface area (Å²) in [5.74, 6) is -0.465. The molecule has 186 valence electrons. The highest BCUT2D eigenvalue weighted by Crippen LogP contribution is 2.40. The molecule has 0 bridgehead atoms.